The second kappa shape index (κ2) is 2.62. The predicted molar refractivity (Wildman–Crippen MR) is 42.9 cm³/mol. The first-order valence-corrected chi connectivity index (χ1v) is 3.65. The zero-order valence-electron chi connectivity index (χ0n) is 7.20. The molecule has 0 bridgehead atoms. The molecule has 0 fully saturated rings. The maximum atomic E-state index is 5.47. The summed E-state index contributed by atoms with van der Waals surface area (Å²) in [7, 11) is 0. The summed E-state index contributed by atoms with van der Waals surface area (Å²) < 4.78 is 1.98. The van der Waals surface area contributed by atoms with Crippen LogP contribution in [0.5, 0.6) is 0 Å². The highest BCUT2D eigenvalue weighted by Gasteiger charge is 2.15. The van der Waals surface area contributed by atoms with Gasteiger partial charge in [-0.2, -0.15) is 0 Å². The zero-order chi connectivity index (χ0) is 8.48. The summed E-state index contributed by atoms with van der Waals surface area (Å²) in [6.45, 7) is 6.72. The lowest BCUT2D eigenvalue weighted by molar-refractivity contribution is 0.382. The molecule has 0 aliphatic rings. The Morgan fingerprint density at radius 2 is 2.18 bits per heavy atom. The lowest BCUT2D eigenvalue weighted by atomic mass is 10.1. The van der Waals surface area contributed by atoms with Gasteiger partial charge in [0.2, 0.25) is 0 Å². The van der Waals surface area contributed by atoms with Crippen LogP contribution in [0, 0.1) is 0 Å². The van der Waals surface area contributed by atoms with Crippen LogP contribution >= 0.6 is 0 Å². The van der Waals surface area contributed by atoms with E-state index < -0.39 is 0 Å². The largest absolute Gasteiger partial charge is 0.324 e. The molecule has 0 aliphatic carbocycles. The molecule has 1 aromatic heterocycles. The van der Waals surface area contributed by atoms with Crippen LogP contribution in [0.2, 0.25) is 0 Å². The van der Waals surface area contributed by atoms with Gasteiger partial charge in [-0.15, -0.1) is 10.2 Å². The summed E-state index contributed by atoms with van der Waals surface area (Å²) in [6, 6.07) is 0. The van der Waals surface area contributed by atoms with Gasteiger partial charge >= 0.3 is 0 Å². The van der Waals surface area contributed by atoms with Crippen molar-refractivity contribution in [1.29, 1.82) is 0 Å². The molecule has 1 rings (SSSR count). The van der Waals surface area contributed by atoms with Crippen LogP contribution < -0.4 is 5.73 Å². The molecule has 2 N–H and O–H groups in total. The highest BCUT2D eigenvalue weighted by molar-refractivity contribution is 4.90. The smallest absolute Gasteiger partial charge is 0.147 e. The van der Waals surface area contributed by atoms with Crippen molar-refractivity contribution in [3.05, 3.63) is 12.2 Å². The molecule has 4 heteroatoms. The van der Waals surface area contributed by atoms with E-state index in [1.54, 1.807) is 6.33 Å². The number of hydrogen-bond acceptors (Lipinski definition) is 3. The maximum absolute atomic E-state index is 5.47. The van der Waals surface area contributed by atoms with Crippen LogP contribution in [0.3, 0.4) is 0 Å². The molecular weight excluding hydrogens is 140 g/mol. The van der Waals surface area contributed by atoms with Crippen LogP contribution in [0.4, 0.5) is 0 Å². The van der Waals surface area contributed by atoms with E-state index in [0.717, 1.165) is 5.82 Å². The average Bonchev–Trinajstić information content (AvgIpc) is 2.31. The predicted octanol–water partition coefficient (Wildman–Crippen LogP) is 0.492. The second-order valence-electron chi connectivity index (χ2n) is 3.49. The molecule has 0 saturated heterocycles. The molecule has 0 atom stereocenters. The summed E-state index contributed by atoms with van der Waals surface area (Å²) in [5.41, 5.74) is 5.49. The Morgan fingerprint density at radius 1 is 1.55 bits per heavy atom. The van der Waals surface area contributed by atoms with Gasteiger partial charge in [0.1, 0.15) is 12.2 Å². The molecule has 0 aromatic carbocycles. The van der Waals surface area contributed by atoms with Crippen LogP contribution in [0.1, 0.15) is 26.6 Å². The average molecular weight is 154 g/mol. The van der Waals surface area contributed by atoms with E-state index in [2.05, 4.69) is 31.0 Å². The number of aromatic nitrogens is 3. The van der Waals surface area contributed by atoms with Crippen molar-refractivity contribution >= 4 is 0 Å². The quantitative estimate of drug-likeness (QED) is 0.640. The summed E-state index contributed by atoms with van der Waals surface area (Å²) in [6.07, 6.45) is 1.71. The van der Waals surface area contributed by atoms with Crippen molar-refractivity contribution in [2.24, 2.45) is 5.73 Å². The molecule has 0 aliphatic heterocycles. The fraction of sp³-hybridized carbons (Fsp3) is 0.714. The Labute approximate surface area is 66.4 Å². The van der Waals surface area contributed by atoms with Gasteiger partial charge in [0, 0.05) is 5.54 Å². The molecule has 4 nitrogen and oxygen atoms in total. The lowest BCUT2D eigenvalue weighted by Gasteiger charge is -2.21. The van der Waals surface area contributed by atoms with Crippen molar-refractivity contribution in [3.8, 4) is 0 Å². The number of nitrogens with two attached hydrogens (primary N) is 1. The van der Waals surface area contributed by atoms with Gasteiger partial charge in [-0.3, -0.25) is 0 Å². The molecule has 11 heavy (non-hydrogen) atoms. The first kappa shape index (κ1) is 8.20. The van der Waals surface area contributed by atoms with Crippen LogP contribution in [0.25, 0.3) is 0 Å². The van der Waals surface area contributed by atoms with E-state index in [1.807, 2.05) is 4.57 Å². The van der Waals surface area contributed by atoms with Gasteiger partial charge in [0.25, 0.3) is 0 Å². The molecule has 0 unspecified atom stereocenters. The third-order valence-corrected chi connectivity index (χ3v) is 1.52. The Kier molecular flexibility index (Phi) is 1.95. The van der Waals surface area contributed by atoms with Gasteiger partial charge < -0.3 is 10.3 Å². The highest BCUT2D eigenvalue weighted by atomic mass is 15.3. The standard InChI is InChI=1S/C7H14N4/c1-7(2,3)11-5-9-10-6(11)4-8/h5H,4,8H2,1-3H3. The normalized spacial score (nSPS) is 12.0. The summed E-state index contributed by atoms with van der Waals surface area (Å²) in [4.78, 5) is 0. The van der Waals surface area contributed by atoms with E-state index in [0.29, 0.717) is 6.54 Å². The van der Waals surface area contributed by atoms with Gasteiger partial charge in [0.05, 0.1) is 6.54 Å². The topological polar surface area (TPSA) is 56.7 Å². The fourth-order valence-electron chi connectivity index (χ4n) is 0.958. The first-order chi connectivity index (χ1) is 5.05. The zero-order valence-corrected chi connectivity index (χ0v) is 7.20. The van der Waals surface area contributed by atoms with Crippen molar-refractivity contribution in [2.45, 2.75) is 32.9 Å². The van der Waals surface area contributed by atoms with E-state index in [-0.39, 0.29) is 5.54 Å². The van der Waals surface area contributed by atoms with Gasteiger partial charge in [-0.25, -0.2) is 0 Å². The molecule has 0 saturated carbocycles. The van der Waals surface area contributed by atoms with E-state index in [9.17, 15) is 0 Å². The monoisotopic (exact) mass is 154 g/mol. The second-order valence-corrected chi connectivity index (χ2v) is 3.49. The number of nitrogens with zero attached hydrogens (tertiary/aromatic N) is 3. The van der Waals surface area contributed by atoms with Crippen LogP contribution in [-0.4, -0.2) is 14.8 Å². The summed E-state index contributed by atoms with van der Waals surface area (Å²) in [5, 5.41) is 7.68. The van der Waals surface area contributed by atoms with E-state index in [1.165, 1.54) is 0 Å². The number of rotatable bonds is 1. The number of hydrogen-bond donors (Lipinski definition) is 1. The van der Waals surface area contributed by atoms with Crippen molar-refractivity contribution in [3.63, 3.8) is 0 Å². The third-order valence-electron chi connectivity index (χ3n) is 1.52. The van der Waals surface area contributed by atoms with Crippen LogP contribution in [-0.2, 0) is 12.1 Å². The van der Waals surface area contributed by atoms with Gasteiger partial charge in [0.15, 0.2) is 0 Å². The van der Waals surface area contributed by atoms with Gasteiger partial charge in [-0.05, 0) is 20.8 Å². The lowest BCUT2D eigenvalue weighted by Crippen LogP contribution is -2.24. The molecule has 0 radical (unpaired) electrons. The SMILES string of the molecule is CC(C)(C)n1cnnc1CN. The molecular formula is C7H14N4. The van der Waals surface area contributed by atoms with Gasteiger partial charge in [-0.1, -0.05) is 0 Å². The first-order valence-electron chi connectivity index (χ1n) is 3.65. The van der Waals surface area contributed by atoms with E-state index in [4.69, 9.17) is 5.73 Å². The minimum Gasteiger partial charge on any atom is -0.324 e. The van der Waals surface area contributed by atoms with Crippen molar-refractivity contribution in [2.75, 3.05) is 0 Å². The highest BCUT2D eigenvalue weighted by Crippen LogP contribution is 2.13. The molecule has 1 heterocycles. The maximum Gasteiger partial charge on any atom is 0.147 e. The van der Waals surface area contributed by atoms with Crippen LogP contribution in [0.15, 0.2) is 6.33 Å². The van der Waals surface area contributed by atoms with Crippen molar-refractivity contribution in [1.82, 2.24) is 14.8 Å². The Balaban J connectivity index is 3.02. The minimum atomic E-state index is 0.0260. The third kappa shape index (κ3) is 1.57. The molecule has 0 amide bonds. The fourth-order valence-corrected chi connectivity index (χ4v) is 0.958. The summed E-state index contributed by atoms with van der Waals surface area (Å²) in [5.74, 6) is 0.831. The Morgan fingerprint density at radius 3 is 2.55 bits per heavy atom. The molecule has 1 aromatic rings. The van der Waals surface area contributed by atoms with Crippen molar-refractivity contribution < 1.29 is 0 Å². The van der Waals surface area contributed by atoms with E-state index >= 15 is 0 Å². The molecule has 0 spiro atoms. The minimum absolute atomic E-state index is 0.0260. The Hall–Kier alpha value is -0.900. The Bertz CT molecular complexity index is 233. The summed E-state index contributed by atoms with van der Waals surface area (Å²) >= 11 is 0. The molecule has 62 valence electrons.